The van der Waals surface area contributed by atoms with Crippen molar-refractivity contribution in [2.45, 2.75) is 13.2 Å². The number of hydrogen-bond acceptors (Lipinski definition) is 7. The van der Waals surface area contributed by atoms with Gasteiger partial charge >= 0.3 is 6.61 Å². The van der Waals surface area contributed by atoms with E-state index in [2.05, 4.69) is 25.0 Å². The van der Waals surface area contributed by atoms with Gasteiger partial charge < -0.3 is 14.2 Å². The summed E-state index contributed by atoms with van der Waals surface area (Å²) in [5.41, 5.74) is 1.04. The summed E-state index contributed by atoms with van der Waals surface area (Å²) in [6, 6.07) is 6.12. The molecule has 0 saturated heterocycles. The Balaban J connectivity index is 1.70. The Morgan fingerprint density at radius 2 is 2.16 bits per heavy atom. The minimum atomic E-state index is -2.89. The SMILES string of the molecule is COc1cncnc1OCc1cn(-c2cccc(OC(F)F)c2)nn1. The van der Waals surface area contributed by atoms with Crippen LogP contribution in [0.15, 0.2) is 43.0 Å². The quantitative estimate of drug-likeness (QED) is 0.647. The molecule has 0 unspecified atom stereocenters. The number of ether oxygens (including phenoxy) is 3. The van der Waals surface area contributed by atoms with Gasteiger partial charge in [-0.25, -0.2) is 9.67 Å². The molecule has 0 aliphatic heterocycles. The molecule has 1 aromatic carbocycles. The molecule has 2 aromatic heterocycles. The molecule has 8 nitrogen and oxygen atoms in total. The smallest absolute Gasteiger partial charge is 0.387 e. The molecule has 0 aliphatic carbocycles. The molecule has 25 heavy (non-hydrogen) atoms. The number of nitrogens with zero attached hydrogens (tertiary/aromatic N) is 5. The Hall–Kier alpha value is -3.30. The average Bonchev–Trinajstić information content (AvgIpc) is 3.09. The number of methoxy groups -OCH3 is 1. The Bertz CT molecular complexity index is 843. The minimum absolute atomic E-state index is 0.0338. The van der Waals surface area contributed by atoms with Crippen molar-refractivity contribution >= 4 is 0 Å². The van der Waals surface area contributed by atoms with E-state index < -0.39 is 6.61 Å². The number of rotatable bonds is 7. The standard InChI is InChI=1S/C15H13F2N5O3/c1-23-13-6-18-9-19-14(13)24-8-10-7-22(21-20-10)11-3-2-4-12(5-11)25-15(16)17/h2-7,9,15H,8H2,1H3. The van der Waals surface area contributed by atoms with Gasteiger partial charge in [0, 0.05) is 6.07 Å². The van der Waals surface area contributed by atoms with E-state index in [9.17, 15) is 8.78 Å². The molecule has 2 heterocycles. The third kappa shape index (κ3) is 4.16. The van der Waals surface area contributed by atoms with Crippen LogP contribution in [0.2, 0.25) is 0 Å². The van der Waals surface area contributed by atoms with Crippen molar-refractivity contribution in [1.29, 1.82) is 0 Å². The first-order valence-electron chi connectivity index (χ1n) is 7.09. The Morgan fingerprint density at radius 1 is 1.28 bits per heavy atom. The topological polar surface area (TPSA) is 84.2 Å². The van der Waals surface area contributed by atoms with Crippen molar-refractivity contribution in [3.8, 4) is 23.1 Å². The maximum absolute atomic E-state index is 12.3. The Morgan fingerprint density at radius 3 is 2.96 bits per heavy atom. The molecule has 3 aromatic rings. The van der Waals surface area contributed by atoms with E-state index in [-0.39, 0.29) is 18.2 Å². The predicted octanol–water partition coefficient (Wildman–Crippen LogP) is 2.25. The highest BCUT2D eigenvalue weighted by Crippen LogP contribution is 2.22. The van der Waals surface area contributed by atoms with Gasteiger partial charge in [0.15, 0.2) is 5.75 Å². The van der Waals surface area contributed by atoms with Crippen LogP contribution >= 0.6 is 0 Å². The second kappa shape index (κ2) is 7.51. The van der Waals surface area contributed by atoms with Crippen molar-refractivity contribution in [3.63, 3.8) is 0 Å². The summed E-state index contributed by atoms with van der Waals surface area (Å²) in [6.45, 7) is -2.79. The number of alkyl halides is 2. The van der Waals surface area contributed by atoms with Crippen molar-refractivity contribution in [3.05, 3.63) is 48.7 Å². The van der Waals surface area contributed by atoms with Crippen LogP contribution in [0.3, 0.4) is 0 Å². The van der Waals surface area contributed by atoms with E-state index in [1.807, 2.05) is 0 Å². The molecule has 0 saturated carbocycles. The summed E-state index contributed by atoms with van der Waals surface area (Å²) in [6.07, 6.45) is 4.42. The van der Waals surface area contributed by atoms with E-state index in [0.29, 0.717) is 17.1 Å². The largest absolute Gasteiger partial charge is 0.490 e. The van der Waals surface area contributed by atoms with Crippen LogP contribution in [0, 0.1) is 0 Å². The molecule has 0 radical (unpaired) electrons. The van der Waals surface area contributed by atoms with E-state index in [1.165, 1.54) is 36.4 Å². The summed E-state index contributed by atoms with van der Waals surface area (Å²) >= 11 is 0. The first kappa shape index (κ1) is 16.6. The fraction of sp³-hybridized carbons (Fsp3) is 0.200. The zero-order valence-electron chi connectivity index (χ0n) is 13.0. The molecule has 10 heteroatoms. The van der Waals surface area contributed by atoms with Crippen molar-refractivity contribution in [2.24, 2.45) is 0 Å². The maximum atomic E-state index is 12.3. The summed E-state index contributed by atoms with van der Waals surface area (Å²) in [5.74, 6) is 0.706. The van der Waals surface area contributed by atoms with Gasteiger partial charge in [0.2, 0.25) is 0 Å². The van der Waals surface area contributed by atoms with Gasteiger partial charge in [0.1, 0.15) is 24.4 Å². The van der Waals surface area contributed by atoms with Crippen LogP contribution < -0.4 is 14.2 Å². The first-order chi connectivity index (χ1) is 12.2. The van der Waals surface area contributed by atoms with Crippen LogP contribution in [0.1, 0.15) is 5.69 Å². The van der Waals surface area contributed by atoms with E-state index in [4.69, 9.17) is 9.47 Å². The van der Waals surface area contributed by atoms with Crippen molar-refractivity contribution in [2.75, 3.05) is 7.11 Å². The van der Waals surface area contributed by atoms with Gasteiger partial charge in [-0.05, 0) is 12.1 Å². The fourth-order valence-electron chi connectivity index (χ4n) is 1.99. The average molecular weight is 349 g/mol. The van der Waals surface area contributed by atoms with Gasteiger partial charge in [-0.2, -0.15) is 13.8 Å². The van der Waals surface area contributed by atoms with E-state index >= 15 is 0 Å². The van der Waals surface area contributed by atoms with Crippen LogP contribution in [0.4, 0.5) is 8.78 Å². The van der Waals surface area contributed by atoms with E-state index in [1.54, 1.807) is 18.3 Å². The molecule has 0 N–H and O–H groups in total. The summed E-state index contributed by atoms with van der Waals surface area (Å²) in [4.78, 5) is 7.80. The normalized spacial score (nSPS) is 10.7. The molecule has 130 valence electrons. The Labute approximate surface area is 141 Å². The third-order valence-electron chi connectivity index (χ3n) is 3.07. The van der Waals surface area contributed by atoms with Crippen LogP contribution in [0.5, 0.6) is 17.4 Å². The van der Waals surface area contributed by atoms with Crippen LogP contribution in [-0.2, 0) is 6.61 Å². The fourth-order valence-corrected chi connectivity index (χ4v) is 1.99. The Kier molecular flexibility index (Phi) is 4.97. The molecular formula is C15H13F2N5O3. The molecule has 0 fully saturated rings. The number of benzene rings is 1. The molecule has 0 atom stereocenters. The molecule has 0 aliphatic rings. The number of aromatic nitrogens is 5. The van der Waals surface area contributed by atoms with Gasteiger partial charge in [0.05, 0.1) is 25.2 Å². The third-order valence-corrected chi connectivity index (χ3v) is 3.07. The molecule has 0 bridgehead atoms. The molecule has 3 rings (SSSR count). The second-order valence-corrected chi connectivity index (χ2v) is 4.72. The van der Waals surface area contributed by atoms with Gasteiger partial charge in [-0.3, -0.25) is 0 Å². The van der Waals surface area contributed by atoms with Crippen molar-refractivity contribution in [1.82, 2.24) is 25.0 Å². The monoisotopic (exact) mass is 349 g/mol. The predicted molar refractivity (Wildman–Crippen MR) is 80.9 cm³/mol. The lowest BCUT2D eigenvalue weighted by Crippen LogP contribution is -2.03. The number of hydrogen-bond donors (Lipinski definition) is 0. The van der Waals surface area contributed by atoms with Crippen LogP contribution in [-0.4, -0.2) is 38.7 Å². The second-order valence-electron chi connectivity index (χ2n) is 4.72. The summed E-state index contributed by atoms with van der Waals surface area (Å²) in [5, 5.41) is 7.91. The highest BCUT2D eigenvalue weighted by Gasteiger charge is 2.10. The van der Waals surface area contributed by atoms with Gasteiger partial charge in [-0.15, -0.1) is 5.10 Å². The highest BCUT2D eigenvalue weighted by atomic mass is 19.3. The lowest BCUT2D eigenvalue weighted by Gasteiger charge is -2.07. The van der Waals surface area contributed by atoms with Crippen molar-refractivity contribution < 1.29 is 23.0 Å². The van der Waals surface area contributed by atoms with Crippen LogP contribution in [0.25, 0.3) is 5.69 Å². The highest BCUT2D eigenvalue weighted by molar-refractivity contribution is 5.38. The minimum Gasteiger partial charge on any atom is -0.490 e. The first-order valence-corrected chi connectivity index (χ1v) is 7.09. The zero-order chi connectivity index (χ0) is 17.6. The number of halogens is 2. The zero-order valence-corrected chi connectivity index (χ0v) is 13.0. The van der Waals surface area contributed by atoms with Gasteiger partial charge in [-0.1, -0.05) is 11.3 Å². The summed E-state index contributed by atoms with van der Waals surface area (Å²) < 4.78 is 41.0. The molecule has 0 amide bonds. The molecule has 0 spiro atoms. The lowest BCUT2D eigenvalue weighted by molar-refractivity contribution is -0.0498. The lowest BCUT2D eigenvalue weighted by atomic mass is 10.3. The van der Waals surface area contributed by atoms with Gasteiger partial charge in [0.25, 0.3) is 5.88 Å². The maximum Gasteiger partial charge on any atom is 0.387 e. The van der Waals surface area contributed by atoms with E-state index in [0.717, 1.165) is 0 Å². The summed E-state index contributed by atoms with van der Waals surface area (Å²) in [7, 11) is 1.48. The molecular weight excluding hydrogens is 336 g/mol.